The van der Waals surface area contributed by atoms with E-state index in [-0.39, 0.29) is 19.2 Å². The third kappa shape index (κ3) is 3.87. The zero-order valence-electron chi connectivity index (χ0n) is 16.9. The van der Waals surface area contributed by atoms with Crippen molar-refractivity contribution in [2.75, 3.05) is 12.1 Å². The van der Waals surface area contributed by atoms with E-state index in [9.17, 15) is 4.79 Å². The number of anilines is 1. The summed E-state index contributed by atoms with van der Waals surface area (Å²) >= 11 is 0. The van der Waals surface area contributed by atoms with Crippen LogP contribution in [0.1, 0.15) is 12.5 Å². The van der Waals surface area contributed by atoms with Crippen molar-refractivity contribution in [2.45, 2.75) is 19.9 Å². The third-order valence-electron chi connectivity index (χ3n) is 5.07. The molecule has 156 valence electrons. The summed E-state index contributed by atoms with van der Waals surface area (Å²) in [6.45, 7) is 2.42. The fourth-order valence-corrected chi connectivity index (χ4v) is 3.41. The van der Waals surface area contributed by atoms with E-state index in [1.807, 2.05) is 54.6 Å². The van der Waals surface area contributed by atoms with Gasteiger partial charge in [0.25, 0.3) is 5.89 Å². The van der Waals surface area contributed by atoms with Crippen LogP contribution >= 0.6 is 0 Å². The highest BCUT2D eigenvalue weighted by Gasteiger charge is 2.19. The van der Waals surface area contributed by atoms with Crippen molar-refractivity contribution in [1.29, 1.82) is 0 Å². The van der Waals surface area contributed by atoms with Crippen LogP contribution in [0.5, 0.6) is 11.5 Å². The number of carbonyl (C=O) groups is 1. The number of carbonyl (C=O) groups excluding carboxylic acids is 1. The number of fused-ring (bicyclic) bond motifs is 1. The molecule has 4 aromatic rings. The zero-order chi connectivity index (χ0) is 21.2. The van der Waals surface area contributed by atoms with E-state index in [2.05, 4.69) is 22.4 Å². The maximum atomic E-state index is 12.5. The number of rotatable bonds is 6. The first-order valence-electron chi connectivity index (χ1n) is 9.97. The average molecular weight is 416 g/mol. The summed E-state index contributed by atoms with van der Waals surface area (Å²) in [5, 5.41) is 6.99. The Hall–Kier alpha value is -4.07. The number of hydrogen-bond acceptors (Lipinski definition) is 6. The molecule has 0 saturated heterocycles. The predicted octanol–water partition coefficient (Wildman–Crippen LogP) is 4.13. The van der Waals surface area contributed by atoms with Crippen molar-refractivity contribution >= 4 is 11.6 Å². The van der Waals surface area contributed by atoms with E-state index in [0.29, 0.717) is 28.9 Å². The Morgan fingerprint density at radius 1 is 1.10 bits per heavy atom. The lowest BCUT2D eigenvalue weighted by Crippen LogP contribution is -2.18. The number of aromatic nitrogens is 3. The maximum Gasteiger partial charge on any atom is 0.274 e. The summed E-state index contributed by atoms with van der Waals surface area (Å²) in [4.78, 5) is 17.0. The van der Waals surface area contributed by atoms with Crippen molar-refractivity contribution in [2.24, 2.45) is 0 Å². The lowest BCUT2D eigenvalue weighted by Gasteiger charge is -2.08. The molecule has 31 heavy (non-hydrogen) atoms. The van der Waals surface area contributed by atoms with Gasteiger partial charge in [-0.2, -0.15) is 4.98 Å². The van der Waals surface area contributed by atoms with Crippen LogP contribution in [0.3, 0.4) is 0 Å². The summed E-state index contributed by atoms with van der Waals surface area (Å²) in [5.74, 6) is 1.96. The van der Waals surface area contributed by atoms with E-state index >= 15 is 0 Å². The van der Waals surface area contributed by atoms with E-state index in [1.165, 1.54) is 5.56 Å². The summed E-state index contributed by atoms with van der Waals surface area (Å²) in [7, 11) is 0. The van der Waals surface area contributed by atoms with Crippen molar-refractivity contribution in [1.82, 2.24) is 14.7 Å². The fourth-order valence-electron chi connectivity index (χ4n) is 3.41. The molecular weight excluding hydrogens is 396 g/mol. The van der Waals surface area contributed by atoms with Crippen molar-refractivity contribution < 1.29 is 18.8 Å². The van der Waals surface area contributed by atoms with Gasteiger partial charge in [0, 0.05) is 17.4 Å². The number of hydrogen-bond donors (Lipinski definition) is 1. The molecule has 0 unspecified atom stereocenters. The highest BCUT2D eigenvalue weighted by molar-refractivity contribution is 5.90. The second kappa shape index (κ2) is 7.98. The lowest BCUT2D eigenvalue weighted by molar-refractivity contribution is -0.116. The van der Waals surface area contributed by atoms with Crippen molar-refractivity contribution in [3.63, 3.8) is 0 Å². The smallest absolute Gasteiger partial charge is 0.274 e. The molecule has 5 rings (SSSR count). The Morgan fingerprint density at radius 3 is 2.77 bits per heavy atom. The topological polar surface area (TPSA) is 91.4 Å². The SMILES string of the molecule is CCc1ccc(NC(=O)Cn2cccc2-c2nc(-c3ccc4c(c3)OCO4)no2)cc1. The van der Waals surface area contributed by atoms with Crippen LogP contribution in [-0.4, -0.2) is 27.4 Å². The molecule has 2 aromatic carbocycles. The Morgan fingerprint density at radius 2 is 1.94 bits per heavy atom. The molecule has 0 aliphatic carbocycles. The molecule has 2 aromatic heterocycles. The first-order chi connectivity index (χ1) is 15.2. The highest BCUT2D eigenvalue weighted by Crippen LogP contribution is 2.35. The van der Waals surface area contributed by atoms with Gasteiger partial charge >= 0.3 is 0 Å². The van der Waals surface area contributed by atoms with E-state index < -0.39 is 0 Å². The second-order valence-corrected chi connectivity index (χ2v) is 7.11. The van der Waals surface area contributed by atoms with Gasteiger partial charge in [-0.15, -0.1) is 0 Å². The number of benzene rings is 2. The number of aryl methyl sites for hydroxylation is 1. The Kier molecular flexibility index (Phi) is 4.87. The monoisotopic (exact) mass is 416 g/mol. The molecule has 1 N–H and O–H groups in total. The first kappa shape index (κ1) is 18.9. The second-order valence-electron chi connectivity index (χ2n) is 7.11. The Labute approximate surface area is 178 Å². The van der Waals surface area contributed by atoms with E-state index in [1.54, 1.807) is 10.8 Å². The van der Waals surface area contributed by atoms with E-state index in [0.717, 1.165) is 17.7 Å². The van der Waals surface area contributed by atoms with Crippen LogP contribution in [0.25, 0.3) is 23.0 Å². The maximum absolute atomic E-state index is 12.5. The van der Waals surface area contributed by atoms with Crippen molar-refractivity contribution in [3.05, 3.63) is 66.4 Å². The van der Waals surface area contributed by atoms with Gasteiger partial charge in [-0.05, 0) is 54.4 Å². The van der Waals surface area contributed by atoms with Gasteiger partial charge in [0.15, 0.2) is 11.5 Å². The zero-order valence-corrected chi connectivity index (χ0v) is 16.9. The van der Waals surface area contributed by atoms with Gasteiger partial charge in [-0.25, -0.2) is 0 Å². The van der Waals surface area contributed by atoms with Crippen molar-refractivity contribution in [3.8, 4) is 34.5 Å². The number of ether oxygens (including phenoxy) is 2. The van der Waals surface area contributed by atoms with Crippen LogP contribution in [0.15, 0.2) is 65.3 Å². The van der Waals surface area contributed by atoms with Gasteiger partial charge in [0.2, 0.25) is 18.5 Å². The molecule has 1 aliphatic heterocycles. The van der Waals surface area contributed by atoms with Gasteiger partial charge in [0.1, 0.15) is 12.2 Å². The molecule has 0 bridgehead atoms. The molecule has 0 spiro atoms. The first-order valence-corrected chi connectivity index (χ1v) is 9.97. The van der Waals surface area contributed by atoms with Gasteiger partial charge in [-0.1, -0.05) is 24.2 Å². The molecule has 0 saturated carbocycles. The molecule has 0 fully saturated rings. The van der Waals surface area contributed by atoms with Gasteiger partial charge in [0.05, 0.1) is 0 Å². The quantitative estimate of drug-likeness (QED) is 0.508. The van der Waals surface area contributed by atoms with Crippen LogP contribution in [0.2, 0.25) is 0 Å². The largest absolute Gasteiger partial charge is 0.454 e. The summed E-state index contributed by atoms with van der Waals surface area (Å²) in [5.41, 5.74) is 3.40. The minimum Gasteiger partial charge on any atom is -0.454 e. The standard InChI is InChI=1S/C23H20N4O4/c1-2-15-5-8-17(9-6-15)24-21(28)13-27-11-3-4-18(27)23-25-22(26-31-23)16-7-10-19-20(12-16)30-14-29-19/h3-12H,2,13-14H2,1H3,(H,24,28). The van der Waals surface area contributed by atoms with Crippen LogP contribution in [-0.2, 0) is 17.8 Å². The van der Waals surface area contributed by atoms with Gasteiger partial charge < -0.3 is 23.9 Å². The number of nitrogens with zero attached hydrogens (tertiary/aromatic N) is 3. The summed E-state index contributed by atoms with van der Waals surface area (Å²) < 4.78 is 18.0. The number of amides is 1. The molecule has 1 aliphatic rings. The number of nitrogens with one attached hydrogen (secondary N) is 1. The minimum absolute atomic E-state index is 0.125. The van der Waals surface area contributed by atoms with Crippen LogP contribution < -0.4 is 14.8 Å². The molecule has 3 heterocycles. The fraction of sp³-hybridized carbons (Fsp3) is 0.174. The Bertz CT molecular complexity index is 1230. The minimum atomic E-state index is -0.141. The van der Waals surface area contributed by atoms with E-state index in [4.69, 9.17) is 14.0 Å². The predicted molar refractivity (Wildman–Crippen MR) is 114 cm³/mol. The normalized spacial score (nSPS) is 12.2. The molecule has 8 heteroatoms. The molecule has 1 amide bonds. The lowest BCUT2D eigenvalue weighted by atomic mass is 10.1. The molecular formula is C23H20N4O4. The third-order valence-corrected chi connectivity index (χ3v) is 5.07. The summed E-state index contributed by atoms with van der Waals surface area (Å²) in [6.07, 6.45) is 2.76. The average Bonchev–Trinajstić information content (AvgIpc) is 3.54. The van der Waals surface area contributed by atoms with Crippen LogP contribution in [0.4, 0.5) is 5.69 Å². The molecule has 0 radical (unpaired) electrons. The summed E-state index contributed by atoms with van der Waals surface area (Å²) in [6, 6.07) is 17.0. The Balaban J connectivity index is 1.31. The molecule has 8 nitrogen and oxygen atoms in total. The van der Waals surface area contributed by atoms with Gasteiger partial charge in [-0.3, -0.25) is 4.79 Å². The highest BCUT2D eigenvalue weighted by atomic mass is 16.7. The molecule has 0 atom stereocenters. The van der Waals surface area contributed by atoms with Crippen LogP contribution in [0, 0.1) is 0 Å².